The summed E-state index contributed by atoms with van der Waals surface area (Å²) in [5, 5.41) is 0. The largest absolute Gasteiger partial charge is 0.490 e. The van der Waals surface area contributed by atoms with E-state index in [9.17, 15) is 8.78 Å². The van der Waals surface area contributed by atoms with E-state index in [1.165, 1.54) is 6.07 Å². The molecule has 0 N–H and O–H groups in total. The lowest BCUT2D eigenvalue weighted by Gasteiger charge is -2.08. The van der Waals surface area contributed by atoms with Crippen molar-refractivity contribution in [3.63, 3.8) is 0 Å². The van der Waals surface area contributed by atoms with Crippen molar-refractivity contribution in [1.29, 1.82) is 0 Å². The van der Waals surface area contributed by atoms with Gasteiger partial charge in [-0.15, -0.1) is 6.58 Å². The third kappa shape index (κ3) is 3.63. The minimum Gasteiger partial charge on any atom is -0.490 e. The summed E-state index contributed by atoms with van der Waals surface area (Å²) in [6, 6.07) is 2.46. The molecule has 0 saturated heterocycles. The lowest BCUT2D eigenvalue weighted by atomic mass is 10.2. The third-order valence-corrected chi connectivity index (χ3v) is 2.20. The van der Waals surface area contributed by atoms with Gasteiger partial charge in [0, 0.05) is 10.9 Å². The Hall–Kier alpha value is -0.900. The zero-order chi connectivity index (χ0) is 11.4. The van der Waals surface area contributed by atoms with Crippen molar-refractivity contribution in [2.24, 2.45) is 0 Å². The van der Waals surface area contributed by atoms with Crippen LogP contribution in [-0.2, 0) is 0 Å². The van der Waals surface area contributed by atoms with Gasteiger partial charge in [0.1, 0.15) is 0 Å². The first-order valence-corrected chi connectivity index (χ1v) is 5.21. The highest BCUT2D eigenvalue weighted by molar-refractivity contribution is 9.10. The summed E-state index contributed by atoms with van der Waals surface area (Å²) >= 11 is 3.06. The van der Waals surface area contributed by atoms with Crippen LogP contribution >= 0.6 is 15.9 Å². The molecular formula is C11H11BrF2O. The molecule has 0 radical (unpaired) electrons. The van der Waals surface area contributed by atoms with E-state index < -0.39 is 11.6 Å². The molecule has 15 heavy (non-hydrogen) atoms. The van der Waals surface area contributed by atoms with Gasteiger partial charge in [-0.2, -0.15) is 4.39 Å². The first kappa shape index (κ1) is 12.2. The zero-order valence-corrected chi connectivity index (χ0v) is 9.90. The fourth-order valence-electron chi connectivity index (χ4n) is 0.973. The van der Waals surface area contributed by atoms with Crippen molar-refractivity contribution < 1.29 is 13.5 Å². The molecule has 0 spiro atoms. The van der Waals surface area contributed by atoms with Crippen molar-refractivity contribution in [3.8, 4) is 5.75 Å². The quantitative estimate of drug-likeness (QED) is 0.595. The van der Waals surface area contributed by atoms with Gasteiger partial charge < -0.3 is 4.74 Å². The van der Waals surface area contributed by atoms with Crippen LogP contribution in [0.15, 0.2) is 28.8 Å². The van der Waals surface area contributed by atoms with E-state index in [4.69, 9.17) is 4.74 Å². The molecule has 0 aromatic heterocycles. The van der Waals surface area contributed by atoms with E-state index in [0.29, 0.717) is 17.5 Å². The molecule has 0 aliphatic carbocycles. The summed E-state index contributed by atoms with van der Waals surface area (Å²) in [6.07, 6.45) is 0.619. The van der Waals surface area contributed by atoms with Crippen LogP contribution in [0.5, 0.6) is 5.75 Å². The molecule has 0 heterocycles. The Morgan fingerprint density at radius 3 is 2.73 bits per heavy atom. The maximum absolute atomic E-state index is 13.2. The van der Waals surface area contributed by atoms with Gasteiger partial charge in [-0.1, -0.05) is 21.5 Å². The maximum atomic E-state index is 13.2. The molecule has 1 aromatic rings. The van der Waals surface area contributed by atoms with Gasteiger partial charge in [0.2, 0.25) is 5.82 Å². The van der Waals surface area contributed by atoms with E-state index in [2.05, 4.69) is 22.5 Å². The number of benzene rings is 1. The Balaban J connectivity index is 2.72. The molecule has 0 atom stereocenters. The minimum absolute atomic E-state index is 0.0804. The Kier molecular flexibility index (Phi) is 4.27. The highest BCUT2D eigenvalue weighted by Gasteiger charge is 2.10. The first-order valence-electron chi connectivity index (χ1n) is 4.42. The second kappa shape index (κ2) is 5.26. The van der Waals surface area contributed by atoms with Gasteiger partial charge >= 0.3 is 0 Å². The molecule has 0 saturated carbocycles. The van der Waals surface area contributed by atoms with Crippen molar-refractivity contribution in [1.82, 2.24) is 0 Å². The number of ether oxygens (including phenoxy) is 1. The van der Waals surface area contributed by atoms with Gasteiger partial charge in [0.05, 0.1) is 6.61 Å². The Morgan fingerprint density at radius 2 is 2.13 bits per heavy atom. The average molecular weight is 277 g/mol. The van der Waals surface area contributed by atoms with Crippen molar-refractivity contribution in [2.45, 2.75) is 13.3 Å². The molecule has 0 aliphatic heterocycles. The van der Waals surface area contributed by atoms with Crippen LogP contribution in [0.2, 0.25) is 0 Å². The summed E-state index contributed by atoms with van der Waals surface area (Å²) in [5.74, 6) is -1.96. The fourth-order valence-corrected chi connectivity index (χ4v) is 1.38. The highest BCUT2D eigenvalue weighted by atomic mass is 79.9. The minimum atomic E-state index is -0.958. The van der Waals surface area contributed by atoms with Gasteiger partial charge in [0.25, 0.3) is 0 Å². The number of hydrogen-bond acceptors (Lipinski definition) is 1. The normalized spacial score (nSPS) is 10.1. The zero-order valence-electron chi connectivity index (χ0n) is 8.32. The molecule has 1 aromatic carbocycles. The van der Waals surface area contributed by atoms with Crippen LogP contribution in [0, 0.1) is 11.6 Å². The van der Waals surface area contributed by atoms with Crippen molar-refractivity contribution >= 4 is 15.9 Å². The lowest BCUT2D eigenvalue weighted by molar-refractivity contribution is 0.298. The second-order valence-corrected chi connectivity index (χ2v) is 4.17. The van der Waals surface area contributed by atoms with Crippen molar-refractivity contribution in [2.75, 3.05) is 6.61 Å². The molecule has 82 valence electrons. The predicted molar refractivity (Wildman–Crippen MR) is 59.0 cm³/mol. The molecular weight excluding hydrogens is 266 g/mol. The Labute approximate surface area is 95.9 Å². The lowest BCUT2D eigenvalue weighted by Crippen LogP contribution is -2.01. The topological polar surface area (TPSA) is 9.23 Å². The van der Waals surface area contributed by atoms with E-state index in [0.717, 1.165) is 11.6 Å². The molecule has 4 heteroatoms. The van der Waals surface area contributed by atoms with Gasteiger partial charge in [0.15, 0.2) is 11.6 Å². The van der Waals surface area contributed by atoms with Gasteiger partial charge in [-0.25, -0.2) is 4.39 Å². The van der Waals surface area contributed by atoms with Crippen LogP contribution in [0.25, 0.3) is 0 Å². The standard InChI is InChI=1S/C11H11BrF2O/c1-7(2)3-4-15-10-6-8(12)5-9(13)11(10)14/h5-6H,1,3-4H2,2H3. The number of halogens is 3. The number of hydrogen-bond donors (Lipinski definition) is 0. The van der Waals surface area contributed by atoms with Crippen LogP contribution in [-0.4, -0.2) is 6.61 Å². The third-order valence-electron chi connectivity index (χ3n) is 1.75. The molecule has 0 fully saturated rings. The smallest absolute Gasteiger partial charge is 0.200 e. The van der Waals surface area contributed by atoms with Crippen LogP contribution < -0.4 is 4.74 Å². The van der Waals surface area contributed by atoms with Crippen LogP contribution in [0.1, 0.15) is 13.3 Å². The van der Waals surface area contributed by atoms with Crippen LogP contribution in [0.3, 0.4) is 0 Å². The highest BCUT2D eigenvalue weighted by Crippen LogP contribution is 2.25. The Bertz CT molecular complexity index is 377. The van der Waals surface area contributed by atoms with Crippen LogP contribution in [0.4, 0.5) is 8.78 Å². The van der Waals surface area contributed by atoms with E-state index in [1.807, 2.05) is 6.92 Å². The van der Waals surface area contributed by atoms with E-state index in [-0.39, 0.29) is 5.75 Å². The molecule has 0 aliphatic rings. The molecule has 1 rings (SSSR count). The number of rotatable bonds is 4. The SMILES string of the molecule is C=C(C)CCOc1cc(Br)cc(F)c1F. The predicted octanol–water partition coefficient (Wildman–Crippen LogP) is 4.07. The van der Waals surface area contributed by atoms with Gasteiger partial charge in [-0.3, -0.25) is 0 Å². The van der Waals surface area contributed by atoms with E-state index in [1.54, 1.807) is 0 Å². The van der Waals surface area contributed by atoms with E-state index >= 15 is 0 Å². The Morgan fingerprint density at radius 1 is 1.47 bits per heavy atom. The first-order chi connectivity index (χ1) is 7.00. The molecule has 0 unspecified atom stereocenters. The summed E-state index contributed by atoms with van der Waals surface area (Å²) in [5.41, 5.74) is 0.936. The summed E-state index contributed by atoms with van der Waals surface area (Å²) in [4.78, 5) is 0. The summed E-state index contributed by atoms with van der Waals surface area (Å²) < 4.78 is 31.6. The summed E-state index contributed by atoms with van der Waals surface area (Å²) in [7, 11) is 0. The average Bonchev–Trinajstić information content (AvgIpc) is 2.12. The van der Waals surface area contributed by atoms with Gasteiger partial charge in [-0.05, 0) is 19.1 Å². The monoisotopic (exact) mass is 276 g/mol. The molecule has 0 bridgehead atoms. The second-order valence-electron chi connectivity index (χ2n) is 3.26. The molecule has 0 amide bonds. The maximum Gasteiger partial charge on any atom is 0.200 e. The fraction of sp³-hybridized carbons (Fsp3) is 0.273. The van der Waals surface area contributed by atoms with Crippen molar-refractivity contribution in [3.05, 3.63) is 40.4 Å². The molecule has 1 nitrogen and oxygen atoms in total. The summed E-state index contributed by atoms with van der Waals surface area (Å²) in [6.45, 7) is 5.83.